The summed E-state index contributed by atoms with van der Waals surface area (Å²) in [5.74, 6) is 0.653. The van der Waals surface area contributed by atoms with Gasteiger partial charge in [-0.15, -0.1) is 71.0 Å². The lowest BCUT2D eigenvalue weighted by molar-refractivity contribution is -0.792. The fourth-order valence-electron chi connectivity index (χ4n) is 8.79. The van der Waals surface area contributed by atoms with Gasteiger partial charge >= 0.3 is 0 Å². The van der Waals surface area contributed by atoms with E-state index in [-0.39, 0.29) is 73.9 Å². The fraction of sp³-hybridized carbons (Fsp3) is 0.818. The summed E-state index contributed by atoms with van der Waals surface area (Å²) in [5, 5.41) is 210. The lowest BCUT2D eigenvalue weighted by Crippen LogP contribution is -2.77. The molecule has 0 spiro atoms. The van der Waals surface area contributed by atoms with Gasteiger partial charge in [0, 0.05) is 0 Å². The number of nitrogens with zero attached hydrogens (tertiary/aromatic N) is 40. The molecule has 82 heteroatoms. The largest absolute Gasteiger partial charge is 0.313 e. The third-order valence-electron chi connectivity index (χ3n) is 12.6. The van der Waals surface area contributed by atoms with Crippen LogP contribution < -0.4 is 10.6 Å². The topological polar surface area (TPSA) is 997 Å². The number of H-pyrrole nitrogens is 2. The fourth-order valence-corrected chi connectivity index (χ4v) is 8.79. The number of nitrogens with one attached hydrogen (secondary N) is 4. The molecule has 7 saturated heterocycles. The quantitative estimate of drug-likeness (QED) is 0.0370. The molecule has 10 heterocycles. The van der Waals surface area contributed by atoms with E-state index in [1.807, 2.05) is 0 Å². The van der Waals surface area contributed by atoms with Crippen molar-refractivity contribution < 1.29 is 105 Å². The van der Waals surface area contributed by atoms with Crippen molar-refractivity contribution in [2.45, 2.75) is 37.0 Å². The van der Waals surface area contributed by atoms with E-state index < -0.39 is 201 Å². The van der Waals surface area contributed by atoms with Gasteiger partial charge < -0.3 is 19.4 Å². The summed E-state index contributed by atoms with van der Waals surface area (Å²) in [6, 6.07) is 0. The van der Waals surface area contributed by atoms with Crippen LogP contribution in [-0.2, 0) is 19.4 Å². The Morgan fingerprint density at radius 2 is 0.462 bits per heavy atom. The molecule has 0 radical (unpaired) electrons. The number of piperazine rings is 1. The number of rotatable bonds is 29. The molecule has 7 fully saturated rings. The van der Waals surface area contributed by atoms with Crippen molar-refractivity contribution in [2.75, 3.05) is 83.7 Å². The van der Waals surface area contributed by atoms with E-state index in [9.17, 15) is 172 Å². The Kier molecular flexibility index (Phi) is 24.4. The van der Waals surface area contributed by atoms with E-state index in [1.165, 1.54) is 0 Å². The molecular formula is C22H32N44O38. The van der Waals surface area contributed by atoms with Gasteiger partial charge in [-0.05, 0) is 10.4 Å². The van der Waals surface area contributed by atoms with Crippen molar-refractivity contribution in [3.05, 3.63) is 172 Å². The van der Waals surface area contributed by atoms with Gasteiger partial charge in [-0.1, -0.05) is 75.3 Å². The van der Waals surface area contributed by atoms with E-state index in [1.54, 1.807) is 0 Å². The molecule has 0 aliphatic carbocycles. The number of anilines is 4. The van der Waals surface area contributed by atoms with Gasteiger partial charge in [0.2, 0.25) is 46.7 Å². The lowest BCUT2D eigenvalue weighted by atomic mass is 9.92. The van der Waals surface area contributed by atoms with Crippen LogP contribution in [0.1, 0.15) is 0 Å². The highest BCUT2D eigenvalue weighted by Gasteiger charge is 2.89. The van der Waals surface area contributed by atoms with Crippen LogP contribution in [0.4, 0.5) is 23.8 Å². The maximum atomic E-state index is 11.7. The van der Waals surface area contributed by atoms with Crippen LogP contribution in [0.15, 0.2) is 0 Å². The molecule has 4 N–H and O–H groups in total. The standard InChI is InChI=1S/C6H6N12O12.C5H8N4O12.C4H4N14.C4H8N8O8.C3H6N6O6/c19-13(20)7-1-2-8(14(21)22)5(7)6-9(15(23)24)3(11(1)17(27)28)4(10(6)16(25)26)12(2)18(29)30;10-6(11)18-1-5(2-19-7(12)13,3-20-8(14)15)4-21-9(16)17;5(3-11-15-16-12-3)1-7-9-2(10-8-1)6-4-13-17-18-14-4;13-9(14)5-1-6(10(15)16)3-8(12(19)20)4-7(2-5)11(17)18;10-7(11)4-1-5(8(12)13)3-6(2-4)9(14)15/h1-6H;1-4H2;(H2,5,7,8,11,12,15,16)(H2,6,9,10,13,14,17,18);1-4H2;1-3H2. The van der Waals surface area contributed by atoms with Crippen LogP contribution in [0.2, 0.25) is 0 Å². The minimum Gasteiger partial charge on any atom is -0.313 e. The van der Waals surface area contributed by atoms with Crippen LogP contribution in [-0.4, -0.2) is 323 Å². The number of hydrogen-bond donors (Lipinski definition) is 4. The molecule has 0 amide bonds. The van der Waals surface area contributed by atoms with Crippen molar-refractivity contribution in [3.63, 3.8) is 0 Å². The SMILES string of the molecule is O=[N+]([O-])N1C2C3N([N+](=O)[O-])C1C1N([N+](=O)[O-])C(C(N1[N+](=O)[O-])N3[N+](=O)[O-])N2[N+](=O)[O-].O=[N+]([O-])N1CN([N+](=O)[O-])CN([N+](=O)[O-])C1.O=[N+]([O-])N1CN([N+](=O)[O-])CN([N+](=O)[O-])CN([N+](=O)[O-])C1.O=[N+]([O-])OCC(CO[N+](=O)[O-])(CO[N+](=O)[O-])CO[N+](=O)[O-].n1nc(Nc2nnc(Nc3nn[nH]n3)nn2)n[nH]1. The van der Waals surface area contributed by atoms with Crippen LogP contribution in [0.5, 0.6) is 0 Å². The van der Waals surface area contributed by atoms with Crippen molar-refractivity contribution in [3.8, 4) is 0 Å². The highest BCUT2D eigenvalue weighted by atomic mass is 17.0. The first-order chi connectivity index (χ1) is 48.6. The van der Waals surface area contributed by atoms with Crippen molar-refractivity contribution in [2.24, 2.45) is 5.41 Å². The highest BCUT2D eigenvalue weighted by molar-refractivity contribution is 5.42. The lowest BCUT2D eigenvalue weighted by Gasteiger charge is -2.39. The average molecular weight is 1520 g/mol. The smallest absolute Gasteiger partial charge is 0.294 e. The summed E-state index contributed by atoms with van der Waals surface area (Å²) in [4.78, 5) is 200. The Balaban J connectivity index is 0.000000239. The van der Waals surface area contributed by atoms with Crippen LogP contribution >= 0.6 is 0 Å². The van der Waals surface area contributed by atoms with E-state index in [2.05, 4.69) is 91.6 Å². The second-order valence-corrected chi connectivity index (χ2v) is 18.6. The number of hydrazine groups is 13. The molecule has 568 valence electrons. The van der Waals surface area contributed by atoms with Gasteiger partial charge in [0.25, 0.3) is 81.1 Å². The predicted molar refractivity (Wildman–Crippen MR) is 278 cm³/mol. The molecule has 0 saturated carbocycles. The Hall–Kier alpha value is -16.9. The molecular weight excluding hydrogens is 1490 g/mol. The highest BCUT2D eigenvalue weighted by Crippen LogP contribution is 2.51. The first-order valence-electron chi connectivity index (χ1n) is 25.1. The molecule has 3 aromatic heterocycles. The summed E-state index contributed by atoms with van der Waals surface area (Å²) in [6.45, 7) is -9.71. The summed E-state index contributed by atoms with van der Waals surface area (Å²) in [6.07, 6.45) is -14.4. The van der Waals surface area contributed by atoms with Gasteiger partial charge in [0.1, 0.15) is 26.4 Å². The molecule has 7 aliphatic rings. The molecule has 6 bridgehead atoms. The van der Waals surface area contributed by atoms with E-state index >= 15 is 0 Å². The van der Waals surface area contributed by atoms with Gasteiger partial charge in [0.05, 0.1) is 5.41 Å². The Morgan fingerprint density at radius 3 is 0.587 bits per heavy atom. The van der Waals surface area contributed by atoms with E-state index in [0.29, 0.717) is 15.0 Å². The Labute approximate surface area is 553 Å². The first-order valence-corrected chi connectivity index (χ1v) is 25.1. The van der Waals surface area contributed by atoms with Crippen molar-refractivity contribution in [1.29, 1.82) is 0 Å². The molecule has 82 nitrogen and oxygen atoms in total. The molecule has 0 atom stereocenters. The van der Waals surface area contributed by atoms with Crippen molar-refractivity contribution in [1.82, 2.24) is 127 Å². The minimum atomic E-state index is -2.47. The normalized spacial score (nSPS) is 18.9. The summed E-state index contributed by atoms with van der Waals surface area (Å²) < 4.78 is 0. The zero-order valence-corrected chi connectivity index (χ0v) is 49.1. The minimum absolute atomic E-state index is 0.120. The summed E-state index contributed by atoms with van der Waals surface area (Å²) in [7, 11) is 0. The van der Waals surface area contributed by atoms with Crippen LogP contribution in [0, 0.1) is 177 Å². The average Bonchev–Trinajstić information content (AvgIpc) is 1.50. The Morgan fingerprint density at radius 1 is 0.288 bits per heavy atom. The van der Waals surface area contributed by atoms with Crippen LogP contribution in [0.3, 0.4) is 0 Å². The maximum Gasteiger partial charge on any atom is 0.294 e. The number of aromatic amines is 2. The third kappa shape index (κ3) is 18.8. The van der Waals surface area contributed by atoms with Gasteiger partial charge in [0.15, 0.2) is 65.4 Å². The molecule has 0 aromatic carbocycles. The Bertz CT molecular complexity index is 3320. The zero-order chi connectivity index (χ0) is 78.1. The molecule has 0 unspecified atom stereocenters. The maximum absolute atomic E-state index is 11.7. The van der Waals surface area contributed by atoms with E-state index in [4.69, 9.17) is 0 Å². The number of tetrazole rings is 2. The van der Waals surface area contributed by atoms with Gasteiger partial charge in [-0.2, -0.15) is 10.4 Å². The second kappa shape index (κ2) is 32.7. The van der Waals surface area contributed by atoms with Gasteiger partial charge in [-0.25, -0.2) is 131 Å². The summed E-state index contributed by atoms with van der Waals surface area (Å²) in [5.41, 5.74) is -2.03. The molecule has 10 rings (SSSR count). The third-order valence-corrected chi connectivity index (χ3v) is 12.6. The number of nitro groups is 13. The first kappa shape index (κ1) is 77.8. The molecule has 3 aromatic rings. The van der Waals surface area contributed by atoms with Gasteiger partial charge in [-0.3, -0.25) is 10.6 Å². The number of aromatic nitrogens is 12. The van der Waals surface area contributed by atoms with Crippen molar-refractivity contribution >= 4 is 23.8 Å². The monoisotopic (exact) mass is 1520 g/mol. The zero-order valence-electron chi connectivity index (χ0n) is 49.1. The molecule has 104 heavy (non-hydrogen) atoms. The second-order valence-electron chi connectivity index (χ2n) is 18.6. The molecule has 7 aliphatic heterocycles. The summed E-state index contributed by atoms with van der Waals surface area (Å²) >= 11 is 0. The van der Waals surface area contributed by atoms with E-state index in [0.717, 1.165) is 0 Å². The predicted octanol–water partition coefficient (Wildman–Crippen LogP) is -11.3. The van der Waals surface area contributed by atoms with Crippen LogP contribution in [0.25, 0.3) is 0 Å². The number of hydrogen-bond acceptors (Lipinski definition) is 50.